The molecule has 116 valence electrons. The number of rotatable bonds is 4. The summed E-state index contributed by atoms with van der Waals surface area (Å²) in [5, 5.41) is 4.60. The molecule has 1 aromatic rings. The Morgan fingerprint density at radius 3 is 2.43 bits per heavy atom. The summed E-state index contributed by atoms with van der Waals surface area (Å²) < 4.78 is 37.9. The zero-order valence-corrected chi connectivity index (χ0v) is 11.5. The van der Waals surface area contributed by atoms with Crippen molar-refractivity contribution in [2.75, 3.05) is 11.9 Å². The van der Waals surface area contributed by atoms with E-state index < -0.39 is 17.6 Å². The summed E-state index contributed by atoms with van der Waals surface area (Å²) in [6.45, 7) is 2.72. The van der Waals surface area contributed by atoms with E-state index in [1.165, 1.54) is 24.3 Å². The first-order valence-electron chi connectivity index (χ1n) is 6.15. The van der Waals surface area contributed by atoms with Crippen LogP contribution in [0, 0.1) is 0 Å². The Bertz CT molecular complexity index is 542. The van der Waals surface area contributed by atoms with Crippen molar-refractivity contribution in [3.8, 4) is 0 Å². The number of alkyl halides is 3. The molecule has 0 radical (unpaired) electrons. The number of hydrogen-bond acceptors (Lipinski definition) is 3. The number of carbonyl (C=O) groups excluding carboxylic acids is 2. The van der Waals surface area contributed by atoms with Gasteiger partial charge in [-0.1, -0.05) is 6.07 Å². The monoisotopic (exact) mass is 303 g/mol. The van der Waals surface area contributed by atoms with Crippen LogP contribution in [0.1, 0.15) is 24.2 Å². The largest absolute Gasteiger partial charge is 0.415 e. The molecule has 5 nitrogen and oxygen atoms in total. The fraction of sp³-hybridized carbons (Fsp3) is 0.385. The van der Waals surface area contributed by atoms with Crippen molar-refractivity contribution in [3.05, 3.63) is 29.8 Å². The smallest absolute Gasteiger partial charge is 0.352 e. The molecule has 0 spiro atoms. The Morgan fingerprint density at radius 2 is 1.90 bits per heavy atom. The van der Waals surface area contributed by atoms with Gasteiger partial charge in [0.25, 0.3) is 11.8 Å². The van der Waals surface area contributed by atoms with Gasteiger partial charge in [-0.05, 0) is 32.0 Å². The molecule has 0 bridgehead atoms. The van der Waals surface area contributed by atoms with Crippen LogP contribution < -0.4 is 16.4 Å². The van der Waals surface area contributed by atoms with E-state index in [1.54, 1.807) is 6.92 Å². The summed E-state index contributed by atoms with van der Waals surface area (Å²) in [7, 11) is 0. The highest BCUT2D eigenvalue weighted by Crippen LogP contribution is 2.29. The minimum atomic E-state index is -4.88. The highest BCUT2D eigenvalue weighted by molar-refractivity contribution is 6.00. The van der Waals surface area contributed by atoms with E-state index in [-0.39, 0.29) is 17.2 Å². The van der Waals surface area contributed by atoms with Gasteiger partial charge < -0.3 is 16.4 Å². The molecule has 1 rings (SSSR count). The summed E-state index contributed by atoms with van der Waals surface area (Å²) in [5.74, 6) is -1.79. The SMILES string of the molecule is CCNC(=O)c1cccc(NC(=O)C(C)(N)C(F)(F)F)c1. The normalized spacial score (nSPS) is 14.2. The molecule has 2 amide bonds. The van der Waals surface area contributed by atoms with Gasteiger partial charge in [-0.15, -0.1) is 0 Å². The molecule has 1 aromatic carbocycles. The number of amides is 2. The molecule has 0 aliphatic heterocycles. The number of carbonyl (C=O) groups is 2. The lowest BCUT2D eigenvalue weighted by atomic mass is 10.0. The first-order valence-corrected chi connectivity index (χ1v) is 6.15. The molecule has 0 heterocycles. The quantitative estimate of drug-likeness (QED) is 0.791. The first kappa shape index (κ1) is 17.0. The molecule has 8 heteroatoms. The summed E-state index contributed by atoms with van der Waals surface area (Å²) in [5.41, 5.74) is 2.28. The second kappa shape index (κ2) is 6.13. The molecule has 1 atom stereocenters. The van der Waals surface area contributed by atoms with E-state index in [0.29, 0.717) is 13.5 Å². The molecular weight excluding hydrogens is 287 g/mol. The Hall–Kier alpha value is -2.09. The minimum Gasteiger partial charge on any atom is -0.352 e. The fourth-order valence-corrected chi connectivity index (χ4v) is 1.39. The highest BCUT2D eigenvalue weighted by atomic mass is 19.4. The first-order chi connectivity index (χ1) is 9.59. The van der Waals surface area contributed by atoms with Crippen molar-refractivity contribution < 1.29 is 22.8 Å². The summed E-state index contributed by atoms with van der Waals surface area (Å²) >= 11 is 0. The second-order valence-electron chi connectivity index (χ2n) is 4.59. The maximum atomic E-state index is 12.6. The van der Waals surface area contributed by atoms with Crippen LogP contribution in [-0.4, -0.2) is 30.1 Å². The molecule has 0 aliphatic carbocycles. The van der Waals surface area contributed by atoms with Crippen LogP contribution in [0.4, 0.5) is 18.9 Å². The molecule has 0 aliphatic rings. The fourth-order valence-electron chi connectivity index (χ4n) is 1.39. The molecule has 21 heavy (non-hydrogen) atoms. The topological polar surface area (TPSA) is 84.2 Å². The molecular formula is C13H16F3N3O2. The van der Waals surface area contributed by atoms with E-state index in [0.717, 1.165) is 0 Å². The summed E-state index contributed by atoms with van der Waals surface area (Å²) in [6.07, 6.45) is -4.88. The Morgan fingerprint density at radius 1 is 1.29 bits per heavy atom. The van der Waals surface area contributed by atoms with Gasteiger partial charge in [0, 0.05) is 17.8 Å². The van der Waals surface area contributed by atoms with Gasteiger partial charge in [0.05, 0.1) is 0 Å². The third-order valence-corrected chi connectivity index (χ3v) is 2.78. The summed E-state index contributed by atoms with van der Waals surface area (Å²) in [4.78, 5) is 23.2. The Balaban J connectivity index is 2.92. The average Bonchev–Trinajstić information content (AvgIpc) is 2.38. The van der Waals surface area contributed by atoms with Crippen LogP contribution >= 0.6 is 0 Å². The lowest BCUT2D eigenvalue weighted by molar-refractivity contribution is -0.184. The maximum absolute atomic E-state index is 12.6. The van der Waals surface area contributed by atoms with Gasteiger partial charge in [-0.3, -0.25) is 9.59 Å². The Labute approximate surface area is 119 Å². The van der Waals surface area contributed by atoms with Crippen molar-refractivity contribution >= 4 is 17.5 Å². The van der Waals surface area contributed by atoms with Crippen LogP contribution in [0.3, 0.4) is 0 Å². The molecule has 1 unspecified atom stereocenters. The number of anilines is 1. The van der Waals surface area contributed by atoms with Crippen LogP contribution in [0.25, 0.3) is 0 Å². The average molecular weight is 303 g/mol. The van der Waals surface area contributed by atoms with E-state index in [1.807, 2.05) is 0 Å². The third kappa shape index (κ3) is 3.94. The number of nitrogens with one attached hydrogen (secondary N) is 2. The zero-order chi connectivity index (χ0) is 16.3. The second-order valence-corrected chi connectivity index (χ2v) is 4.59. The van der Waals surface area contributed by atoms with Gasteiger partial charge in [0.2, 0.25) is 0 Å². The lowest BCUT2D eigenvalue weighted by Crippen LogP contribution is -2.59. The van der Waals surface area contributed by atoms with E-state index in [9.17, 15) is 22.8 Å². The lowest BCUT2D eigenvalue weighted by Gasteiger charge is -2.26. The van der Waals surface area contributed by atoms with E-state index in [2.05, 4.69) is 10.6 Å². The zero-order valence-electron chi connectivity index (χ0n) is 11.5. The standard InChI is InChI=1S/C13H16F3N3O2/c1-3-18-10(20)8-5-4-6-9(7-8)19-11(21)12(2,17)13(14,15)16/h4-7H,3,17H2,1-2H3,(H,18,20)(H,19,21). The van der Waals surface area contributed by atoms with E-state index in [4.69, 9.17) is 5.73 Å². The molecule has 0 aromatic heterocycles. The number of halogens is 3. The van der Waals surface area contributed by atoms with Gasteiger partial charge in [-0.2, -0.15) is 13.2 Å². The predicted molar refractivity (Wildman–Crippen MR) is 71.7 cm³/mol. The van der Waals surface area contributed by atoms with Crippen molar-refractivity contribution in [3.63, 3.8) is 0 Å². The third-order valence-electron chi connectivity index (χ3n) is 2.78. The molecule has 0 saturated carbocycles. The van der Waals surface area contributed by atoms with Gasteiger partial charge in [0.15, 0.2) is 5.54 Å². The van der Waals surface area contributed by atoms with Gasteiger partial charge in [-0.25, -0.2) is 0 Å². The van der Waals surface area contributed by atoms with Crippen LogP contribution in [0.2, 0.25) is 0 Å². The Kier molecular flexibility index (Phi) is 4.95. The highest BCUT2D eigenvalue weighted by Gasteiger charge is 2.53. The van der Waals surface area contributed by atoms with Crippen molar-refractivity contribution in [1.29, 1.82) is 0 Å². The minimum absolute atomic E-state index is 0.0599. The van der Waals surface area contributed by atoms with Gasteiger partial charge in [0.1, 0.15) is 0 Å². The van der Waals surface area contributed by atoms with E-state index >= 15 is 0 Å². The molecule has 0 fully saturated rings. The predicted octanol–water partition coefficient (Wildman–Crippen LogP) is 1.65. The number of hydrogen-bond donors (Lipinski definition) is 3. The molecule has 0 saturated heterocycles. The summed E-state index contributed by atoms with van der Waals surface area (Å²) in [6, 6.07) is 5.57. The number of nitrogens with two attached hydrogens (primary N) is 1. The van der Waals surface area contributed by atoms with Crippen LogP contribution in [0.5, 0.6) is 0 Å². The van der Waals surface area contributed by atoms with Crippen molar-refractivity contribution in [1.82, 2.24) is 5.32 Å². The van der Waals surface area contributed by atoms with Crippen molar-refractivity contribution in [2.45, 2.75) is 25.6 Å². The van der Waals surface area contributed by atoms with Crippen LogP contribution in [-0.2, 0) is 4.79 Å². The molecule has 4 N–H and O–H groups in total. The van der Waals surface area contributed by atoms with Gasteiger partial charge >= 0.3 is 6.18 Å². The van der Waals surface area contributed by atoms with Crippen molar-refractivity contribution in [2.24, 2.45) is 5.73 Å². The maximum Gasteiger partial charge on any atom is 0.415 e. The van der Waals surface area contributed by atoms with Crippen LogP contribution in [0.15, 0.2) is 24.3 Å². The number of benzene rings is 1.